The van der Waals surface area contributed by atoms with E-state index >= 15 is 0 Å². The molecule has 0 radical (unpaired) electrons. The average Bonchev–Trinajstić information content (AvgIpc) is 2.41. The summed E-state index contributed by atoms with van der Waals surface area (Å²) >= 11 is 0. The number of nitrogens with one attached hydrogen (secondary N) is 1. The molecule has 2 aromatic carbocycles. The normalized spacial score (nSPS) is 10.2. The maximum Gasteiger partial charge on any atom is 0.185 e. The molecule has 0 bridgehead atoms. The molecule has 0 saturated carbocycles. The number of hydrogen-bond acceptors (Lipinski definition) is 2. The standard InChI is InChI=1S/C13H5F5N2/c14-7-2-1-3-10(6(7)5-19)20-13-11(17)8(15)4-9(16)12(13)18/h1-4,20H. The van der Waals surface area contributed by atoms with E-state index in [1.807, 2.05) is 5.32 Å². The Bertz CT molecular complexity index is 695. The van der Waals surface area contributed by atoms with Gasteiger partial charge in [0.25, 0.3) is 0 Å². The van der Waals surface area contributed by atoms with Crippen molar-refractivity contribution in [1.29, 1.82) is 5.26 Å². The Kier molecular flexibility index (Phi) is 3.57. The Morgan fingerprint density at radius 2 is 1.50 bits per heavy atom. The second kappa shape index (κ2) is 5.17. The first-order valence-corrected chi connectivity index (χ1v) is 5.24. The summed E-state index contributed by atoms with van der Waals surface area (Å²) in [7, 11) is 0. The Balaban J connectivity index is 2.57. The summed E-state index contributed by atoms with van der Waals surface area (Å²) in [6.07, 6.45) is 0. The Hall–Kier alpha value is -2.62. The maximum absolute atomic E-state index is 13.4. The number of benzene rings is 2. The van der Waals surface area contributed by atoms with Crippen LogP contribution in [0.1, 0.15) is 5.56 Å². The third-order valence-electron chi connectivity index (χ3n) is 2.50. The largest absolute Gasteiger partial charge is 0.349 e. The van der Waals surface area contributed by atoms with Crippen molar-refractivity contribution >= 4 is 11.4 Å². The molecule has 7 heteroatoms. The highest BCUT2D eigenvalue weighted by molar-refractivity contribution is 5.67. The number of hydrogen-bond donors (Lipinski definition) is 1. The van der Waals surface area contributed by atoms with E-state index in [-0.39, 0.29) is 11.8 Å². The second-order valence-corrected chi connectivity index (χ2v) is 3.74. The molecule has 2 aromatic rings. The molecule has 2 rings (SSSR count). The van der Waals surface area contributed by atoms with Gasteiger partial charge in [0.1, 0.15) is 23.1 Å². The van der Waals surface area contributed by atoms with Crippen molar-refractivity contribution in [3.63, 3.8) is 0 Å². The summed E-state index contributed by atoms with van der Waals surface area (Å²) in [5.74, 6) is -7.49. The molecule has 20 heavy (non-hydrogen) atoms. The quantitative estimate of drug-likeness (QED) is 0.668. The first kappa shape index (κ1) is 13.8. The topological polar surface area (TPSA) is 35.8 Å². The van der Waals surface area contributed by atoms with Gasteiger partial charge in [-0.1, -0.05) is 6.07 Å². The minimum Gasteiger partial charge on any atom is -0.349 e. The van der Waals surface area contributed by atoms with Crippen molar-refractivity contribution in [1.82, 2.24) is 0 Å². The van der Waals surface area contributed by atoms with Crippen molar-refractivity contribution in [2.45, 2.75) is 0 Å². The van der Waals surface area contributed by atoms with Gasteiger partial charge in [0.2, 0.25) is 0 Å². The zero-order valence-corrected chi connectivity index (χ0v) is 9.65. The summed E-state index contributed by atoms with van der Waals surface area (Å²) in [5.41, 5.74) is -1.98. The van der Waals surface area contributed by atoms with Gasteiger partial charge in [-0.2, -0.15) is 5.26 Å². The molecule has 0 unspecified atom stereocenters. The van der Waals surface area contributed by atoms with E-state index in [0.717, 1.165) is 12.1 Å². The molecule has 0 heterocycles. The van der Waals surface area contributed by atoms with Gasteiger partial charge < -0.3 is 5.32 Å². The van der Waals surface area contributed by atoms with Crippen LogP contribution in [-0.4, -0.2) is 0 Å². The third-order valence-corrected chi connectivity index (χ3v) is 2.50. The zero-order valence-electron chi connectivity index (χ0n) is 9.65. The Morgan fingerprint density at radius 1 is 0.900 bits per heavy atom. The van der Waals surface area contributed by atoms with Crippen LogP contribution in [0, 0.1) is 40.4 Å². The predicted octanol–water partition coefficient (Wildman–Crippen LogP) is 4.00. The lowest BCUT2D eigenvalue weighted by Gasteiger charge is -2.11. The van der Waals surface area contributed by atoms with Gasteiger partial charge in [-0.3, -0.25) is 0 Å². The van der Waals surface area contributed by atoms with Crippen LogP contribution in [0.2, 0.25) is 0 Å². The van der Waals surface area contributed by atoms with Gasteiger partial charge in [-0.25, -0.2) is 22.0 Å². The lowest BCUT2D eigenvalue weighted by molar-refractivity contribution is 0.459. The summed E-state index contributed by atoms with van der Waals surface area (Å²) in [4.78, 5) is 0. The molecule has 0 fully saturated rings. The number of rotatable bonds is 2. The Labute approximate surface area is 110 Å². The fourth-order valence-corrected chi connectivity index (χ4v) is 1.56. The molecule has 0 aromatic heterocycles. The van der Waals surface area contributed by atoms with Crippen LogP contribution in [0.4, 0.5) is 33.3 Å². The number of halogens is 5. The highest BCUT2D eigenvalue weighted by Crippen LogP contribution is 2.29. The van der Waals surface area contributed by atoms with Crippen LogP contribution in [0.15, 0.2) is 24.3 Å². The van der Waals surface area contributed by atoms with E-state index in [0.29, 0.717) is 0 Å². The van der Waals surface area contributed by atoms with Gasteiger partial charge in [-0.05, 0) is 12.1 Å². The van der Waals surface area contributed by atoms with Crippen molar-refractivity contribution in [3.05, 3.63) is 58.9 Å². The van der Waals surface area contributed by atoms with Gasteiger partial charge in [-0.15, -0.1) is 0 Å². The minimum atomic E-state index is -1.67. The predicted molar refractivity (Wildman–Crippen MR) is 60.7 cm³/mol. The molecule has 0 amide bonds. The minimum absolute atomic E-state index is 0.0482. The summed E-state index contributed by atoms with van der Waals surface area (Å²) in [6, 6.07) is 4.80. The molecule has 0 aliphatic heterocycles. The number of anilines is 2. The van der Waals surface area contributed by atoms with Crippen LogP contribution >= 0.6 is 0 Å². The van der Waals surface area contributed by atoms with Crippen molar-refractivity contribution in [2.24, 2.45) is 0 Å². The van der Waals surface area contributed by atoms with E-state index in [2.05, 4.69) is 0 Å². The molecule has 2 nitrogen and oxygen atoms in total. The molecule has 102 valence electrons. The van der Waals surface area contributed by atoms with Gasteiger partial charge in [0, 0.05) is 6.07 Å². The monoisotopic (exact) mass is 284 g/mol. The molecule has 0 spiro atoms. The summed E-state index contributed by atoms with van der Waals surface area (Å²) in [5, 5.41) is 10.7. The second-order valence-electron chi connectivity index (χ2n) is 3.74. The molecule has 0 saturated heterocycles. The third kappa shape index (κ3) is 2.28. The van der Waals surface area contributed by atoms with Crippen molar-refractivity contribution < 1.29 is 22.0 Å². The van der Waals surface area contributed by atoms with Crippen LogP contribution in [0.25, 0.3) is 0 Å². The van der Waals surface area contributed by atoms with E-state index in [1.165, 1.54) is 12.1 Å². The maximum atomic E-state index is 13.4. The average molecular weight is 284 g/mol. The van der Waals surface area contributed by atoms with E-state index in [9.17, 15) is 22.0 Å². The van der Waals surface area contributed by atoms with Gasteiger partial charge in [0.05, 0.1) is 5.69 Å². The fourth-order valence-electron chi connectivity index (χ4n) is 1.56. The number of nitriles is 1. The first-order valence-electron chi connectivity index (χ1n) is 5.24. The summed E-state index contributed by atoms with van der Waals surface area (Å²) in [6.45, 7) is 0. The lowest BCUT2D eigenvalue weighted by atomic mass is 10.1. The van der Waals surface area contributed by atoms with Gasteiger partial charge >= 0.3 is 0 Å². The Morgan fingerprint density at radius 3 is 2.05 bits per heavy atom. The molecular formula is C13H5F5N2. The SMILES string of the molecule is N#Cc1c(F)cccc1Nc1c(F)c(F)cc(F)c1F. The molecular weight excluding hydrogens is 279 g/mol. The van der Waals surface area contributed by atoms with Crippen LogP contribution < -0.4 is 5.32 Å². The summed E-state index contributed by atoms with van der Waals surface area (Å²) < 4.78 is 66.2. The van der Waals surface area contributed by atoms with Crippen LogP contribution in [0.5, 0.6) is 0 Å². The molecule has 0 atom stereocenters. The van der Waals surface area contributed by atoms with E-state index in [1.54, 1.807) is 0 Å². The lowest BCUT2D eigenvalue weighted by Crippen LogP contribution is -2.04. The number of nitrogens with zero attached hydrogens (tertiary/aromatic N) is 1. The molecule has 0 aliphatic carbocycles. The smallest absolute Gasteiger partial charge is 0.185 e. The molecule has 0 aliphatic rings. The van der Waals surface area contributed by atoms with Crippen LogP contribution in [0.3, 0.4) is 0 Å². The highest BCUT2D eigenvalue weighted by atomic mass is 19.2. The van der Waals surface area contributed by atoms with E-state index in [4.69, 9.17) is 5.26 Å². The first-order chi connectivity index (χ1) is 9.45. The van der Waals surface area contributed by atoms with Gasteiger partial charge in [0.15, 0.2) is 23.3 Å². The van der Waals surface area contributed by atoms with Crippen molar-refractivity contribution in [2.75, 3.05) is 5.32 Å². The van der Waals surface area contributed by atoms with E-state index < -0.39 is 40.3 Å². The zero-order chi connectivity index (χ0) is 14.9. The van der Waals surface area contributed by atoms with Crippen LogP contribution in [-0.2, 0) is 0 Å². The molecule has 1 N–H and O–H groups in total. The van der Waals surface area contributed by atoms with Crippen molar-refractivity contribution in [3.8, 4) is 6.07 Å². The highest BCUT2D eigenvalue weighted by Gasteiger charge is 2.20. The fraction of sp³-hybridized carbons (Fsp3) is 0.